The van der Waals surface area contributed by atoms with Crippen LogP contribution < -0.4 is 11.3 Å². The maximum Gasteiger partial charge on any atom is 0.159 e. The van der Waals surface area contributed by atoms with Crippen molar-refractivity contribution in [3.8, 4) is 5.82 Å². The van der Waals surface area contributed by atoms with Crippen LogP contribution >= 0.6 is 0 Å². The SMILES string of the molecule is CCc1nc(NN)cc(-n2nc(C)c(C)c2C)n1. The number of nitrogens with zero attached hydrogens (tertiary/aromatic N) is 4. The van der Waals surface area contributed by atoms with Gasteiger partial charge in [0.1, 0.15) is 11.6 Å². The Kier molecular flexibility index (Phi) is 3.29. The molecule has 96 valence electrons. The molecule has 0 unspecified atom stereocenters. The lowest BCUT2D eigenvalue weighted by molar-refractivity contribution is 0.783. The lowest BCUT2D eigenvalue weighted by Gasteiger charge is -2.08. The molecule has 0 aromatic carbocycles. The summed E-state index contributed by atoms with van der Waals surface area (Å²) in [6.07, 6.45) is 0.751. The van der Waals surface area contributed by atoms with Gasteiger partial charge in [0.25, 0.3) is 0 Å². The van der Waals surface area contributed by atoms with Gasteiger partial charge in [0.15, 0.2) is 5.82 Å². The summed E-state index contributed by atoms with van der Waals surface area (Å²) in [5, 5.41) is 4.49. The van der Waals surface area contributed by atoms with Crippen LogP contribution in [0.3, 0.4) is 0 Å². The number of anilines is 1. The lowest BCUT2D eigenvalue weighted by Crippen LogP contribution is -2.13. The van der Waals surface area contributed by atoms with Crippen molar-refractivity contribution in [2.45, 2.75) is 34.1 Å². The summed E-state index contributed by atoms with van der Waals surface area (Å²) in [6, 6.07) is 1.79. The summed E-state index contributed by atoms with van der Waals surface area (Å²) < 4.78 is 1.83. The van der Waals surface area contributed by atoms with Crippen LogP contribution in [0.2, 0.25) is 0 Å². The van der Waals surface area contributed by atoms with Gasteiger partial charge in [-0.3, -0.25) is 0 Å². The van der Waals surface area contributed by atoms with Gasteiger partial charge in [-0.1, -0.05) is 6.92 Å². The van der Waals surface area contributed by atoms with Gasteiger partial charge in [0.2, 0.25) is 0 Å². The largest absolute Gasteiger partial charge is 0.308 e. The molecule has 2 aromatic rings. The second-order valence-electron chi connectivity index (χ2n) is 4.23. The van der Waals surface area contributed by atoms with Crippen LogP contribution in [0.25, 0.3) is 5.82 Å². The van der Waals surface area contributed by atoms with E-state index in [1.807, 2.05) is 25.5 Å². The third-order valence-electron chi connectivity index (χ3n) is 3.09. The summed E-state index contributed by atoms with van der Waals surface area (Å²) >= 11 is 0. The molecule has 2 heterocycles. The molecule has 18 heavy (non-hydrogen) atoms. The first-order valence-electron chi connectivity index (χ1n) is 5.94. The molecular formula is C12H18N6. The molecule has 3 N–H and O–H groups in total. The van der Waals surface area contributed by atoms with Crippen molar-refractivity contribution in [1.82, 2.24) is 19.7 Å². The van der Waals surface area contributed by atoms with E-state index in [0.29, 0.717) is 5.82 Å². The number of hydrogen-bond donors (Lipinski definition) is 2. The highest BCUT2D eigenvalue weighted by molar-refractivity contribution is 5.42. The van der Waals surface area contributed by atoms with Crippen LogP contribution in [0.1, 0.15) is 29.7 Å². The van der Waals surface area contributed by atoms with E-state index in [0.717, 1.165) is 29.5 Å². The highest BCUT2D eigenvalue weighted by Crippen LogP contribution is 2.17. The number of nitrogens with one attached hydrogen (secondary N) is 1. The van der Waals surface area contributed by atoms with E-state index in [1.165, 1.54) is 5.56 Å². The first kappa shape index (κ1) is 12.5. The molecule has 0 spiro atoms. The van der Waals surface area contributed by atoms with E-state index < -0.39 is 0 Å². The predicted molar refractivity (Wildman–Crippen MR) is 70.6 cm³/mol. The van der Waals surface area contributed by atoms with Crippen molar-refractivity contribution >= 4 is 5.82 Å². The Bertz CT molecular complexity index is 550. The lowest BCUT2D eigenvalue weighted by atomic mass is 10.2. The predicted octanol–water partition coefficient (Wildman–Crippen LogP) is 1.44. The second kappa shape index (κ2) is 4.73. The Hall–Kier alpha value is -1.95. The Labute approximate surface area is 106 Å². The second-order valence-corrected chi connectivity index (χ2v) is 4.23. The molecule has 2 rings (SSSR count). The van der Waals surface area contributed by atoms with Gasteiger partial charge >= 0.3 is 0 Å². The summed E-state index contributed by atoms with van der Waals surface area (Å²) in [5.74, 6) is 7.50. The minimum Gasteiger partial charge on any atom is -0.308 e. The molecule has 0 aliphatic rings. The Morgan fingerprint density at radius 3 is 2.50 bits per heavy atom. The maximum absolute atomic E-state index is 5.42. The van der Waals surface area contributed by atoms with Crippen molar-refractivity contribution in [2.75, 3.05) is 5.43 Å². The summed E-state index contributed by atoms with van der Waals surface area (Å²) in [7, 11) is 0. The number of hydrogen-bond acceptors (Lipinski definition) is 5. The quantitative estimate of drug-likeness (QED) is 0.632. The van der Waals surface area contributed by atoms with Crippen LogP contribution in [-0.4, -0.2) is 19.7 Å². The Morgan fingerprint density at radius 1 is 1.28 bits per heavy atom. The molecule has 0 fully saturated rings. The van der Waals surface area contributed by atoms with Crippen molar-refractivity contribution in [2.24, 2.45) is 5.84 Å². The molecule has 6 nitrogen and oxygen atoms in total. The van der Waals surface area contributed by atoms with Gasteiger partial charge in [-0.15, -0.1) is 0 Å². The zero-order valence-corrected chi connectivity index (χ0v) is 11.2. The van der Waals surface area contributed by atoms with E-state index >= 15 is 0 Å². The minimum atomic E-state index is 0.599. The third kappa shape index (κ3) is 2.06. The molecule has 0 saturated carbocycles. The average molecular weight is 246 g/mol. The number of hydrazine groups is 1. The van der Waals surface area contributed by atoms with Crippen LogP contribution in [0, 0.1) is 20.8 Å². The standard InChI is InChI=1S/C12H18N6/c1-5-10-14-11(16-13)6-12(15-10)18-9(4)7(2)8(3)17-18/h6H,5,13H2,1-4H3,(H,14,15,16). The van der Waals surface area contributed by atoms with E-state index in [9.17, 15) is 0 Å². The number of nitrogens with two attached hydrogens (primary N) is 1. The molecule has 0 amide bonds. The fourth-order valence-electron chi connectivity index (χ4n) is 1.77. The van der Waals surface area contributed by atoms with Gasteiger partial charge < -0.3 is 5.43 Å². The van der Waals surface area contributed by atoms with Gasteiger partial charge in [0.05, 0.1) is 5.69 Å². The molecule has 2 aromatic heterocycles. The van der Waals surface area contributed by atoms with Crippen molar-refractivity contribution in [1.29, 1.82) is 0 Å². The molecule has 6 heteroatoms. The van der Waals surface area contributed by atoms with Gasteiger partial charge in [-0.2, -0.15) is 5.10 Å². The number of nitrogen functional groups attached to an aromatic ring is 1. The van der Waals surface area contributed by atoms with Crippen molar-refractivity contribution < 1.29 is 0 Å². The Balaban J connectivity index is 2.59. The zero-order chi connectivity index (χ0) is 13.3. The first-order chi connectivity index (χ1) is 8.56. The van der Waals surface area contributed by atoms with E-state index in [1.54, 1.807) is 6.07 Å². The molecule has 0 radical (unpaired) electrons. The normalized spacial score (nSPS) is 10.7. The maximum atomic E-state index is 5.42. The minimum absolute atomic E-state index is 0.599. The zero-order valence-electron chi connectivity index (χ0n) is 11.2. The smallest absolute Gasteiger partial charge is 0.159 e. The summed E-state index contributed by atoms with van der Waals surface area (Å²) in [6.45, 7) is 8.07. The van der Waals surface area contributed by atoms with Gasteiger partial charge in [-0.05, 0) is 26.3 Å². The van der Waals surface area contributed by atoms with Gasteiger partial charge in [0, 0.05) is 18.2 Å². The average Bonchev–Trinajstić information content (AvgIpc) is 2.65. The molecule has 0 saturated heterocycles. The van der Waals surface area contributed by atoms with Gasteiger partial charge in [-0.25, -0.2) is 20.5 Å². The van der Waals surface area contributed by atoms with E-state index in [2.05, 4.69) is 27.4 Å². The molecule has 0 atom stereocenters. The van der Waals surface area contributed by atoms with Crippen LogP contribution in [0.4, 0.5) is 5.82 Å². The highest BCUT2D eigenvalue weighted by atomic mass is 15.3. The van der Waals surface area contributed by atoms with Crippen LogP contribution in [-0.2, 0) is 6.42 Å². The van der Waals surface area contributed by atoms with E-state index in [4.69, 9.17) is 5.84 Å². The monoisotopic (exact) mass is 246 g/mol. The van der Waals surface area contributed by atoms with Crippen LogP contribution in [0.15, 0.2) is 6.07 Å². The Morgan fingerprint density at radius 2 is 2.00 bits per heavy atom. The summed E-state index contributed by atoms with van der Waals surface area (Å²) in [4.78, 5) is 8.75. The molecule has 0 aliphatic heterocycles. The molecular weight excluding hydrogens is 228 g/mol. The first-order valence-corrected chi connectivity index (χ1v) is 5.94. The molecule has 0 bridgehead atoms. The fraction of sp³-hybridized carbons (Fsp3) is 0.417. The third-order valence-corrected chi connectivity index (χ3v) is 3.09. The number of aromatic nitrogens is 4. The molecule has 0 aliphatic carbocycles. The highest BCUT2D eigenvalue weighted by Gasteiger charge is 2.11. The number of aryl methyl sites for hydroxylation is 2. The van der Waals surface area contributed by atoms with Crippen molar-refractivity contribution in [3.05, 3.63) is 28.8 Å². The van der Waals surface area contributed by atoms with Crippen molar-refractivity contribution in [3.63, 3.8) is 0 Å². The van der Waals surface area contributed by atoms with Crippen LogP contribution in [0.5, 0.6) is 0 Å². The summed E-state index contributed by atoms with van der Waals surface area (Å²) in [5.41, 5.74) is 5.82. The topological polar surface area (TPSA) is 81.6 Å². The fourth-order valence-corrected chi connectivity index (χ4v) is 1.77. The van der Waals surface area contributed by atoms with E-state index in [-0.39, 0.29) is 0 Å². The number of rotatable bonds is 3.